The Labute approximate surface area is 104 Å². The molecule has 0 saturated heterocycles. The second-order valence-corrected chi connectivity index (χ2v) is 3.71. The van der Waals surface area contributed by atoms with Crippen LogP contribution < -0.4 is 0 Å². The van der Waals surface area contributed by atoms with Crippen molar-refractivity contribution in [2.24, 2.45) is 0 Å². The quantitative estimate of drug-likeness (QED) is 0.591. The third-order valence-electron chi connectivity index (χ3n) is 2.46. The molecule has 2 aromatic rings. The number of esters is 1. The number of halogens is 4. The number of aromatic nitrogens is 1. The third-order valence-corrected chi connectivity index (χ3v) is 2.46. The number of carbonyl (C=O) groups is 1. The van der Waals surface area contributed by atoms with Gasteiger partial charge < -0.3 is 4.74 Å². The Bertz CT molecular complexity index is 652. The molecule has 0 aliphatic rings. The van der Waals surface area contributed by atoms with Crippen molar-refractivity contribution in [2.75, 3.05) is 7.11 Å². The molecule has 0 unspecified atom stereocenters. The first-order valence-electron chi connectivity index (χ1n) is 5.09. The monoisotopic (exact) mass is 273 g/mol. The van der Waals surface area contributed by atoms with E-state index >= 15 is 0 Å². The van der Waals surface area contributed by atoms with Gasteiger partial charge in [-0.25, -0.2) is 14.2 Å². The van der Waals surface area contributed by atoms with Crippen molar-refractivity contribution in [1.82, 2.24) is 4.98 Å². The van der Waals surface area contributed by atoms with E-state index in [1.54, 1.807) is 0 Å². The molecule has 0 atom stereocenters. The van der Waals surface area contributed by atoms with Crippen molar-refractivity contribution >= 4 is 16.7 Å². The number of hydrogen-bond acceptors (Lipinski definition) is 3. The predicted octanol–water partition coefficient (Wildman–Crippen LogP) is 3.18. The first-order chi connectivity index (χ1) is 8.82. The van der Waals surface area contributed by atoms with E-state index in [-0.39, 0.29) is 5.39 Å². The molecule has 0 radical (unpaired) electrons. The van der Waals surface area contributed by atoms with Gasteiger partial charge in [-0.05, 0) is 23.6 Å². The van der Waals surface area contributed by atoms with E-state index in [2.05, 4.69) is 9.72 Å². The lowest BCUT2D eigenvalue weighted by Gasteiger charge is -2.11. The number of alkyl halides is 3. The van der Waals surface area contributed by atoms with Crippen molar-refractivity contribution in [1.29, 1.82) is 0 Å². The van der Waals surface area contributed by atoms with Crippen molar-refractivity contribution in [3.05, 3.63) is 41.5 Å². The number of nitrogens with zero attached hydrogens (tertiary/aromatic N) is 1. The van der Waals surface area contributed by atoms with Gasteiger partial charge in [-0.3, -0.25) is 0 Å². The lowest BCUT2D eigenvalue weighted by molar-refractivity contribution is -0.139. The SMILES string of the molecule is COC(=O)c1cc2ccc(F)cc2c(C(F)(F)F)n1. The smallest absolute Gasteiger partial charge is 0.433 e. The summed E-state index contributed by atoms with van der Waals surface area (Å²) in [7, 11) is 1.03. The van der Waals surface area contributed by atoms with Gasteiger partial charge in [-0.1, -0.05) is 6.07 Å². The van der Waals surface area contributed by atoms with Gasteiger partial charge in [0.2, 0.25) is 0 Å². The van der Waals surface area contributed by atoms with Crippen LogP contribution in [-0.4, -0.2) is 18.1 Å². The lowest BCUT2D eigenvalue weighted by atomic mass is 10.1. The van der Waals surface area contributed by atoms with Gasteiger partial charge in [0.1, 0.15) is 11.5 Å². The highest BCUT2D eigenvalue weighted by Crippen LogP contribution is 2.34. The molecule has 0 aliphatic heterocycles. The molecule has 0 amide bonds. The van der Waals surface area contributed by atoms with E-state index in [1.165, 1.54) is 0 Å². The van der Waals surface area contributed by atoms with Crippen LogP contribution in [0.2, 0.25) is 0 Å². The van der Waals surface area contributed by atoms with Crippen LogP contribution in [0.15, 0.2) is 24.3 Å². The van der Waals surface area contributed by atoms with Crippen molar-refractivity contribution in [3.63, 3.8) is 0 Å². The molecule has 100 valence electrons. The maximum absolute atomic E-state index is 13.0. The van der Waals surface area contributed by atoms with Crippen LogP contribution in [-0.2, 0) is 10.9 Å². The number of carbonyl (C=O) groups excluding carboxylic acids is 1. The minimum absolute atomic E-state index is 0.0594. The summed E-state index contributed by atoms with van der Waals surface area (Å²) in [5, 5.41) is -0.343. The topological polar surface area (TPSA) is 39.2 Å². The van der Waals surface area contributed by atoms with Crippen LogP contribution in [0.3, 0.4) is 0 Å². The maximum Gasteiger partial charge on any atom is 0.433 e. The summed E-state index contributed by atoms with van der Waals surface area (Å²) >= 11 is 0. The molecule has 3 nitrogen and oxygen atoms in total. The standard InChI is InChI=1S/C12H7F4NO2/c1-19-11(18)9-4-6-2-3-7(13)5-8(6)10(17-9)12(14,15)16/h2-5H,1H3. The first-order valence-corrected chi connectivity index (χ1v) is 5.09. The number of methoxy groups -OCH3 is 1. The zero-order valence-corrected chi connectivity index (χ0v) is 9.58. The van der Waals surface area contributed by atoms with Gasteiger partial charge >= 0.3 is 12.1 Å². The minimum Gasteiger partial charge on any atom is -0.464 e. The molecule has 0 aliphatic carbocycles. The van der Waals surface area contributed by atoms with Gasteiger partial charge in [-0.2, -0.15) is 13.2 Å². The molecule has 7 heteroatoms. The minimum atomic E-state index is -4.80. The highest BCUT2D eigenvalue weighted by Gasteiger charge is 2.35. The summed E-state index contributed by atoms with van der Waals surface area (Å²) in [6.07, 6.45) is -4.80. The summed E-state index contributed by atoms with van der Waals surface area (Å²) in [6.45, 7) is 0. The zero-order valence-electron chi connectivity index (χ0n) is 9.58. The summed E-state index contributed by atoms with van der Waals surface area (Å²) in [5.74, 6) is -1.80. The van der Waals surface area contributed by atoms with Crippen LogP contribution >= 0.6 is 0 Å². The van der Waals surface area contributed by atoms with E-state index in [0.717, 1.165) is 31.4 Å². The van der Waals surface area contributed by atoms with Crippen molar-refractivity contribution in [2.45, 2.75) is 6.18 Å². The molecule has 0 fully saturated rings. The van der Waals surface area contributed by atoms with Gasteiger partial charge in [-0.15, -0.1) is 0 Å². The Balaban J connectivity index is 2.80. The van der Waals surface area contributed by atoms with E-state index in [9.17, 15) is 22.4 Å². The van der Waals surface area contributed by atoms with E-state index in [0.29, 0.717) is 0 Å². The van der Waals surface area contributed by atoms with Gasteiger partial charge in [0, 0.05) is 5.39 Å². The predicted molar refractivity (Wildman–Crippen MR) is 58.0 cm³/mol. The summed E-state index contributed by atoms with van der Waals surface area (Å²) in [4.78, 5) is 14.5. The molecular formula is C12H7F4NO2. The number of pyridine rings is 1. The van der Waals surface area contributed by atoms with Gasteiger partial charge in [0.15, 0.2) is 5.69 Å². The second-order valence-electron chi connectivity index (χ2n) is 3.71. The Morgan fingerprint density at radius 3 is 2.53 bits per heavy atom. The molecular weight excluding hydrogens is 266 g/mol. The average molecular weight is 273 g/mol. The Kier molecular flexibility index (Phi) is 3.13. The molecule has 0 bridgehead atoms. The fourth-order valence-corrected chi connectivity index (χ4v) is 1.64. The zero-order chi connectivity index (χ0) is 14.2. The number of rotatable bonds is 1. The number of ether oxygens (including phenoxy) is 1. The molecule has 1 heterocycles. The highest BCUT2D eigenvalue weighted by molar-refractivity contribution is 5.94. The van der Waals surface area contributed by atoms with E-state index < -0.39 is 34.7 Å². The third kappa shape index (κ3) is 2.49. The average Bonchev–Trinajstić information content (AvgIpc) is 2.35. The lowest BCUT2D eigenvalue weighted by Crippen LogP contribution is -2.13. The van der Waals surface area contributed by atoms with Crippen molar-refractivity contribution < 1.29 is 27.1 Å². The molecule has 19 heavy (non-hydrogen) atoms. The van der Waals surface area contributed by atoms with Crippen LogP contribution in [0.4, 0.5) is 17.6 Å². The summed E-state index contributed by atoms with van der Waals surface area (Å²) in [6, 6.07) is 4.00. The second kappa shape index (κ2) is 4.49. The van der Waals surface area contributed by atoms with E-state index in [4.69, 9.17) is 0 Å². The van der Waals surface area contributed by atoms with Crippen LogP contribution in [0.25, 0.3) is 10.8 Å². The summed E-state index contributed by atoms with van der Waals surface area (Å²) < 4.78 is 56.0. The molecule has 1 aromatic heterocycles. The molecule has 2 rings (SSSR count). The van der Waals surface area contributed by atoms with Crippen molar-refractivity contribution in [3.8, 4) is 0 Å². The Hall–Kier alpha value is -2.18. The molecule has 0 saturated carbocycles. The Morgan fingerprint density at radius 2 is 1.95 bits per heavy atom. The highest BCUT2D eigenvalue weighted by atomic mass is 19.4. The fraction of sp³-hybridized carbons (Fsp3) is 0.167. The normalized spacial score (nSPS) is 11.6. The number of hydrogen-bond donors (Lipinski definition) is 0. The first kappa shape index (κ1) is 13.3. The molecule has 1 aromatic carbocycles. The molecule has 0 spiro atoms. The molecule has 0 N–H and O–H groups in total. The Morgan fingerprint density at radius 1 is 1.26 bits per heavy atom. The largest absolute Gasteiger partial charge is 0.464 e. The number of fused-ring (bicyclic) bond motifs is 1. The fourth-order valence-electron chi connectivity index (χ4n) is 1.64. The van der Waals surface area contributed by atoms with Crippen LogP contribution in [0.5, 0.6) is 0 Å². The van der Waals surface area contributed by atoms with Gasteiger partial charge in [0.25, 0.3) is 0 Å². The van der Waals surface area contributed by atoms with Crippen LogP contribution in [0.1, 0.15) is 16.2 Å². The summed E-state index contributed by atoms with van der Waals surface area (Å²) in [5.41, 5.74) is -1.79. The van der Waals surface area contributed by atoms with Gasteiger partial charge in [0.05, 0.1) is 7.11 Å². The maximum atomic E-state index is 13.0. The van der Waals surface area contributed by atoms with E-state index in [1.807, 2.05) is 0 Å². The number of benzene rings is 1. The van der Waals surface area contributed by atoms with Crippen LogP contribution in [0, 0.1) is 5.82 Å².